The van der Waals surface area contributed by atoms with Crippen LogP contribution >= 0.6 is 0 Å². The number of aliphatic hydroxyl groups excluding tert-OH is 3. The van der Waals surface area contributed by atoms with Gasteiger partial charge in [-0.15, -0.1) is 0 Å². The molecule has 0 aromatic heterocycles. The van der Waals surface area contributed by atoms with E-state index in [1.807, 2.05) is 20.8 Å². The summed E-state index contributed by atoms with van der Waals surface area (Å²) in [5.41, 5.74) is -0.0729. The second-order valence-corrected chi connectivity index (χ2v) is 11.4. The molecule has 0 saturated heterocycles. The average molecular weight is 564 g/mol. The van der Waals surface area contributed by atoms with Crippen LogP contribution in [0.2, 0.25) is 0 Å². The van der Waals surface area contributed by atoms with Crippen molar-refractivity contribution in [1.29, 1.82) is 0 Å². The SMILES string of the molecule is CCCC(C)(C)C1=C(O)C=C(O)C(N)(C(c2cc(C(F)(F)F)cc(C(F)(F)F)c2)C(C)(CC)CC)C=C(O)C1. The highest BCUT2D eigenvalue weighted by Gasteiger charge is 2.50. The van der Waals surface area contributed by atoms with Gasteiger partial charge in [-0.3, -0.25) is 0 Å². The van der Waals surface area contributed by atoms with Crippen LogP contribution in [0.3, 0.4) is 0 Å². The molecule has 1 aromatic rings. The van der Waals surface area contributed by atoms with E-state index in [9.17, 15) is 41.7 Å². The van der Waals surface area contributed by atoms with Crippen LogP contribution in [0.1, 0.15) is 96.3 Å². The van der Waals surface area contributed by atoms with Crippen molar-refractivity contribution >= 4 is 0 Å². The Balaban J connectivity index is 3.00. The Morgan fingerprint density at radius 1 is 0.872 bits per heavy atom. The highest BCUT2D eigenvalue weighted by Crippen LogP contribution is 2.52. The van der Waals surface area contributed by atoms with Gasteiger partial charge < -0.3 is 21.1 Å². The molecule has 10 heteroatoms. The molecule has 1 aromatic carbocycles. The smallest absolute Gasteiger partial charge is 0.416 e. The number of nitrogens with two attached hydrogens (primary N) is 1. The third-order valence-corrected chi connectivity index (χ3v) is 8.21. The number of hydrogen-bond acceptors (Lipinski definition) is 4. The second-order valence-electron chi connectivity index (χ2n) is 11.4. The van der Waals surface area contributed by atoms with Gasteiger partial charge in [-0.05, 0) is 52.7 Å². The van der Waals surface area contributed by atoms with E-state index >= 15 is 0 Å². The quantitative estimate of drug-likeness (QED) is 0.238. The van der Waals surface area contributed by atoms with Gasteiger partial charge in [0.2, 0.25) is 0 Å². The topological polar surface area (TPSA) is 86.7 Å². The van der Waals surface area contributed by atoms with Crippen molar-refractivity contribution in [3.63, 3.8) is 0 Å². The predicted octanol–water partition coefficient (Wildman–Crippen LogP) is 9.26. The third kappa shape index (κ3) is 6.76. The lowest BCUT2D eigenvalue weighted by Gasteiger charge is -2.47. The summed E-state index contributed by atoms with van der Waals surface area (Å²) in [7, 11) is 0. The Morgan fingerprint density at radius 2 is 1.36 bits per heavy atom. The van der Waals surface area contributed by atoms with Crippen molar-refractivity contribution in [2.24, 2.45) is 16.6 Å². The number of aliphatic hydroxyl groups is 3. The fourth-order valence-electron chi connectivity index (χ4n) is 5.67. The summed E-state index contributed by atoms with van der Waals surface area (Å²) < 4.78 is 82.6. The van der Waals surface area contributed by atoms with Crippen molar-refractivity contribution in [3.8, 4) is 0 Å². The molecule has 2 atom stereocenters. The zero-order valence-electron chi connectivity index (χ0n) is 23.2. The van der Waals surface area contributed by atoms with Gasteiger partial charge in [0.1, 0.15) is 17.1 Å². The van der Waals surface area contributed by atoms with Gasteiger partial charge in [-0.2, -0.15) is 26.3 Å². The van der Waals surface area contributed by atoms with E-state index in [0.717, 1.165) is 18.6 Å². The summed E-state index contributed by atoms with van der Waals surface area (Å²) in [6.07, 6.45) is -6.33. The van der Waals surface area contributed by atoms with Crippen molar-refractivity contribution in [2.75, 3.05) is 0 Å². The molecular weight excluding hydrogens is 524 g/mol. The van der Waals surface area contributed by atoms with Crippen LogP contribution in [0.25, 0.3) is 0 Å². The first-order valence-corrected chi connectivity index (χ1v) is 13.0. The van der Waals surface area contributed by atoms with E-state index < -0.39 is 57.1 Å². The standard InChI is InChI=1S/C29H39F6NO3/c1-7-10-25(4,5)21-14-20(37)16-27(36,23(39)15-22(21)38)24(26(6,8-2)9-3)17-11-18(28(30,31)32)13-19(12-17)29(33,34)35/h11-13,15-16,24,37-39H,7-10,14,36H2,1-6H3. The minimum absolute atomic E-state index is 0.0385. The van der Waals surface area contributed by atoms with Crippen molar-refractivity contribution in [1.82, 2.24) is 0 Å². The monoisotopic (exact) mass is 563 g/mol. The molecule has 1 aliphatic carbocycles. The molecule has 0 fully saturated rings. The lowest BCUT2D eigenvalue weighted by Crippen LogP contribution is -2.52. The second kappa shape index (κ2) is 11.1. The van der Waals surface area contributed by atoms with Gasteiger partial charge in [0.05, 0.1) is 16.9 Å². The summed E-state index contributed by atoms with van der Waals surface area (Å²) in [5, 5.41) is 33.3. The van der Waals surface area contributed by atoms with Crippen molar-refractivity contribution in [3.05, 3.63) is 69.9 Å². The van der Waals surface area contributed by atoms with E-state index in [2.05, 4.69) is 0 Å². The third-order valence-electron chi connectivity index (χ3n) is 8.21. The molecule has 0 spiro atoms. The molecule has 5 N–H and O–H groups in total. The molecular formula is C29H39F6NO3. The molecule has 220 valence electrons. The minimum Gasteiger partial charge on any atom is -0.512 e. The van der Waals surface area contributed by atoms with Gasteiger partial charge in [0.15, 0.2) is 0 Å². The fraction of sp³-hybridized carbons (Fsp3) is 0.586. The molecule has 2 rings (SSSR count). The van der Waals surface area contributed by atoms with Gasteiger partial charge in [0.25, 0.3) is 0 Å². The average Bonchev–Trinajstić information content (AvgIpc) is 2.80. The number of halogens is 6. The molecule has 0 radical (unpaired) electrons. The fourth-order valence-corrected chi connectivity index (χ4v) is 5.67. The van der Waals surface area contributed by atoms with Crippen molar-refractivity contribution in [2.45, 2.75) is 97.5 Å². The van der Waals surface area contributed by atoms with Crippen LogP contribution < -0.4 is 5.73 Å². The molecule has 39 heavy (non-hydrogen) atoms. The highest BCUT2D eigenvalue weighted by atomic mass is 19.4. The van der Waals surface area contributed by atoms with Gasteiger partial charge >= 0.3 is 12.4 Å². The van der Waals surface area contributed by atoms with Crippen LogP contribution in [-0.4, -0.2) is 20.9 Å². The van der Waals surface area contributed by atoms with E-state index in [1.54, 1.807) is 20.8 Å². The Kier molecular flexibility index (Phi) is 9.28. The number of benzene rings is 1. The molecule has 2 unspecified atom stereocenters. The lowest BCUT2D eigenvalue weighted by molar-refractivity contribution is -0.143. The highest BCUT2D eigenvalue weighted by molar-refractivity contribution is 5.45. The molecule has 1 aliphatic rings. The number of alkyl halides is 6. The summed E-state index contributed by atoms with van der Waals surface area (Å²) in [5.74, 6) is -2.79. The molecule has 0 aliphatic heterocycles. The maximum atomic E-state index is 13.8. The minimum atomic E-state index is -5.09. The summed E-state index contributed by atoms with van der Waals surface area (Å²) >= 11 is 0. The Morgan fingerprint density at radius 3 is 1.77 bits per heavy atom. The molecule has 0 saturated carbocycles. The summed E-state index contributed by atoms with van der Waals surface area (Å²) in [6.45, 7) is 10.7. The van der Waals surface area contributed by atoms with E-state index in [1.165, 1.54) is 0 Å². The van der Waals surface area contributed by atoms with E-state index in [-0.39, 0.29) is 36.8 Å². The zero-order valence-corrected chi connectivity index (χ0v) is 23.2. The predicted molar refractivity (Wildman–Crippen MR) is 139 cm³/mol. The van der Waals surface area contributed by atoms with Crippen LogP contribution in [0, 0.1) is 10.8 Å². The zero-order chi connectivity index (χ0) is 30.2. The number of allylic oxidation sites excluding steroid dienone is 2. The molecule has 0 bridgehead atoms. The van der Waals surface area contributed by atoms with E-state index in [4.69, 9.17) is 5.73 Å². The number of hydrogen-bond donors (Lipinski definition) is 4. The van der Waals surface area contributed by atoms with Gasteiger partial charge in [-0.1, -0.05) is 60.8 Å². The first-order valence-electron chi connectivity index (χ1n) is 13.0. The molecule has 4 nitrogen and oxygen atoms in total. The maximum absolute atomic E-state index is 13.8. The van der Waals surface area contributed by atoms with Crippen molar-refractivity contribution < 1.29 is 41.7 Å². The van der Waals surface area contributed by atoms with Crippen LogP contribution in [0.4, 0.5) is 26.3 Å². The Hall–Kier alpha value is -2.62. The van der Waals surface area contributed by atoms with Crippen LogP contribution in [-0.2, 0) is 12.4 Å². The molecule has 0 amide bonds. The summed E-state index contributed by atoms with van der Waals surface area (Å²) in [6, 6.07) is 1.26. The normalized spacial score (nSPS) is 20.7. The van der Waals surface area contributed by atoms with Crippen LogP contribution in [0.15, 0.2) is 53.2 Å². The van der Waals surface area contributed by atoms with Gasteiger partial charge in [0, 0.05) is 18.4 Å². The first kappa shape index (κ1) is 32.6. The number of rotatable bonds is 8. The largest absolute Gasteiger partial charge is 0.512 e. The molecule has 0 heterocycles. The van der Waals surface area contributed by atoms with E-state index in [0.29, 0.717) is 24.1 Å². The van der Waals surface area contributed by atoms with Crippen LogP contribution in [0.5, 0.6) is 0 Å². The summed E-state index contributed by atoms with van der Waals surface area (Å²) in [4.78, 5) is 0. The first-order chi connectivity index (χ1) is 17.7. The van der Waals surface area contributed by atoms with Gasteiger partial charge in [-0.25, -0.2) is 0 Å². The Labute approximate surface area is 225 Å². The lowest BCUT2D eigenvalue weighted by atomic mass is 9.60. The maximum Gasteiger partial charge on any atom is 0.416 e. The Bertz CT molecular complexity index is 1110.